The van der Waals surface area contributed by atoms with Gasteiger partial charge in [0.05, 0.1) is 12.3 Å². The Kier molecular flexibility index (Phi) is 3.38. The summed E-state index contributed by atoms with van der Waals surface area (Å²) in [5.74, 6) is 0.00524. The van der Waals surface area contributed by atoms with Gasteiger partial charge in [0.1, 0.15) is 0 Å². The molecule has 0 saturated carbocycles. The van der Waals surface area contributed by atoms with Crippen LogP contribution in [0.5, 0.6) is 0 Å². The van der Waals surface area contributed by atoms with Gasteiger partial charge in [0, 0.05) is 22.5 Å². The molecule has 4 nitrogen and oxygen atoms in total. The quantitative estimate of drug-likeness (QED) is 0.788. The van der Waals surface area contributed by atoms with E-state index in [2.05, 4.69) is 40.1 Å². The maximum atomic E-state index is 11.8. The average Bonchev–Trinajstić information content (AvgIpc) is 2.83. The number of carbonyl (C=O) groups excluding carboxylic acids is 1. The van der Waals surface area contributed by atoms with Crippen LogP contribution < -0.4 is 0 Å². The third-order valence-electron chi connectivity index (χ3n) is 3.53. The molecule has 1 unspecified atom stereocenters. The summed E-state index contributed by atoms with van der Waals surface area (Å²) in [6, 6.07) is 8.03. The minimum atomic E-state index is -0.360. The van der Waals surface area contributed by atoms with E-state index in [1.54, 1.807) is 6.92 Å². The molecule has 1 atom stereocenters. The van der Waals surface area contributed by atoms with Crippen molar-refractivity contribution in [2.24, 2.45) is 0 Å². The summed E-state index contributed by atoms with van der Waals surface area (Å²) in [7, 11) is 0. The summed E-state index contributed by atoms with van der Waals surface area (Å²) in [6.07, 6.45) is 0. The van der Waals surface area contributed by atoms with Crippen molar-refractivity contribution in [1.29, 1.82) is 0 Å². The topological polar surface area (TPSA) is 44.1 Å². The predicted molar refractivity (Wildman–Crippen MR) is 79.7 cm³/mol. The van der Waals surface area contributed by atoms with Crippen LogP contribution >= 0.6 is 15.9 Å². The molecule has 0 spiro atoms. The maximum absolute atomic E-state index is 11.8. The lowest BCUT2D eigenvalue weighted by Crippen LogP contribution is -2.16. The summed E-state index contributed by atoms with van der Waals surface area (Å²) in [6.45, 7) is 5.10. The summed E-state index contributed by atoms with van der Waals surface area (Å²) in [4.78, 5) is 11.8. The summed E-state index contributed by atoms with van der Waals surface area (Å²) < 4.78 is 7.98. The Hall–Kier alpha value is -1.62. The van der Waals surface area contributed by atoms with Gasteiger partial charge in [0.25, 0.3) is 0 Å². The third kappa shape index (κ3) is 2.16. The first kappa shape index (κ1) is 13.4. The van der Waals surface area contributed by atoms with Crippen LogP contribution in [-0.2, 0) is 11.3 Å². The SMILES string of the molecule is CCOC(=O)c1cc2n(n1)CC(C)c1cc(Br)ccc1-2. The van der Waals surface area contributed by atoms with Crippen molar-refractivity contribution in [3.05, 3.63) is 40.0 Å². The second kappa shape index (κ2) is 5.05. The lowest BCUT2D eigenvalue weighted by atomic mass is 9.91. The zero-order chi connectivity index (χ0) is 14.3. The monoisotopic (exact) mass is 334 g/mol. The van der Waals surface area contributed by atoms with Crippen molar-refractivity contribution >= 4 is 21.9 Å². The molecule has 3 rings (SSSR count). The normalized spacial score (nSPS) is 16.4. The molecule has 0 fully saturated rings. The smallest absolute Gasteiger partial charge is 0.358 e. The molecule has 1 aliphatic heterocycles. The molecule has 1 aliphatic rings. The Bertz CT molecular complexity index is 679. The molecule has 0 saturated heterocycles. The van der Waals surface area contributed by atoms with Crippen LogP contribution in [0.1, 0.15) is 35.8 Å². The van der Waals surface area contributed by atoms with Crippen LogP contribution in [0, 0.1) is 0 Å². The van der Waals surface area contributed by atoms with Gasteiger partial charge in [-0.05, 0) is 30.7 Å². The number of hydrogen-bond donors (Lipinski definition) is 0. The van der Waals surface area contributed by atoms with E-state index < -0.39 is 0 Å². The Labute approximate surface area is 125 Å². The second-order valence-corrected chi connectivity index (χ2v) is 5.87. The zero-order valence-corrected chi connectivity index (χ0v) is 13.0. The van der Waals surface area contributed by atoms with Crippen LogP contribution in [0.25, 0.3) is 11.3 Å². The molecule has 0 radical (unpaired) electrons. The van der Waals surface area contributed by atoms with Gasteiger partial charge in [0.2, 0.25) is 0 Å². The summed E-state index contributed by atoms with van der Waals surface area (Å²) >= 11 is 3.51. The van der Waals surface area contributed by atoms with Crippen molar-refractivity contribution in [2.75, 3.05) is 6.61 Å². The fourth-order valence-corrected chi connectivity index (χ4v) is 2.99. The summed E-state index contributed by atoms with van der Waals surface area (Å²) in [5, 5.41) is 4.37. The molecule has 0 aliphatic carbocycles. The molecule has 2 heterocycles. The number of nitrogens with zero attached hydrogens (tertiary/aromatic N) is 2. The molecule has 1 aromatic carbocycles. The minimum absolute atomic E-state index is 0.360. The van der Waals surface area contributed by atoms with Crippen molar-refractivity contribution in [1.82, 2.24) is 9.78 Å². The van der Waals surface area contributed by atoms with Gasteiger partial charge in [-0.3, -0.25) is 4.68 Å². The number of carbonyl (C=O) groups is 1. The lowest BCUT2D eigenvalue weighted by molar-refractivity contribution is 0.0518. The molecule has 5 heteroatoms. The Morgan fingerprint density at radius 3 is 3.05 bits per heavy atom. The van der Waals surface area contributed by atoms with Crippen LogP contribution in [0.15, 0.2) is 28.7 Å². The van der Waals surface area contributed by atoms with E-state index in [0.717, 1.165) is 22.3 Å². The average molecular weight is 335 g/mol. The highest BCUT2D eigenvalue weighted by Crippen LogP contribution is 2.37. The number of halogens is 1. The molecule has 20 heavy (non-hydrogen) atoms. The van der Waals surface area contributed by atoms with E-state index in [4.69, 9.17) is 4.74 Å². The number of fused-ring (bicyclic) bond motifs is 3. The van der Waals surface area contributed by atoms with Crippen LogP contribution in [0.3, 0.4) is 0 Å². The Morgan fingerprint density at radius 1 is 1.50 bits per heavy atom. The van der Waals surface area contributed by atoms with Crippen LogP contribution in [0.4, 0.5) is 0 Å². The van der Waals surface area contributed by atoms with E-state index in [0.29, 0.717) is 18.2 Å². The van der Waals surface area contributed by atoms with E-state index in [1.807, 2.05) is 16.8 Å². The van der Waals surface area contributed by atoms with Gasteiger partial charge >= 0.3 is 5.97 Å². The maximum Gasteiger partial charge on any atom is 0.358 e. The van der Waals surface area contributed by atoms with Gasteiger partial charge in [0.15, 0.2) is 5.69 Å². The van der Waals surface area contributed by atoms with Gasteiger partial charge in [-0.2, -0.15) is 5.10 Å². The zero-order valence-electron chi connectivity index (χ0n) is 11.4. The van der Waals surface area contributed by atoms with Gasteiger partial charge in [-0.1, -0.05) is 28.9 Å². The highest BCUT2D eigenvalue weighted by Gasteiger charge is 2.25. The second-order valence-electron chi connectivity index (χ2n) is 4.95. The van der Waals surface area contributed by atoms with Crippen molar-refractivity contribution < 1.29 is 9.53 Å². The fourth-order valence-electron chi connectivity index (χ4n) is 2.61. The van der Waals surface area contributed by atoms with Crippen molar-refractivity contribution in [3.63, 3.8) is 0 Å². The first-order chi connectivity index (χ1) is 9.60. The fraction of sp³-hybridized carbons (Fsp3) is 0.333. The first-order valence-corrected chi connectivity index (χ1v) is 7.44. The lowest BCUT2D eigenvalue weighted by Gasteiger charge is -2.24. The van der Waals surface area contributed by atoms with Crippen molar-refractivity contribution in [2.45, 2.75) is 26.3 Å². The standard InChI is InChI=1S/C15H15BrN2O2/c1-3-20-15(19)13-7-14-11-5-4-10(16)6-12(11)9(2)8-18(14)17-13/h4-7,9H,3,8H2,1-2H3. The number of rotatable bonds is 2. The highest BCUT2D eigenvalue weighted by atomic mass is 79.9. The number of ether oxygens (including phenoxy) is 1. The largest absolute Gasteiger partial charge is 0.461 e. The third-order valence-corrected chi connectivity index (χ3v) is 4.03. The van der Waals surface area contributed by atoms with Gasteiger partial charge in [-0.25, -0.2) is 4.79 Å². The Balaban J connectivity index is 2.08. The summed E-state index contributed by atoms with van der Waals surface area (Å²) in [5.41, 5.74) is 3.77. The molecule has 104 valence electrons. The van der Waals surface area contributed by atoms with Gasteiger partial charge in [-0.15, -0.1) is 0 Å². The number of esters is 1. The molecule has 0 amide bonds. The molecular weight excluding hydrogens is 320 g/mol. The first-order valence-electron chi connectivity index (χ1n) is 6.65. The molecular formula is C15H15BrN2O2. The van der Waals surface area contributed by atoms with Crippen LogP contribution in [0.2, 0.25) is 0 Å². The molecule has 0 N–H and O–H groups in total. The van der Waals surface area contributed by atoms with E-state index in [1.165, 1.54) is 5.56 Å². The predicted octanol–water partition coefficient (Wildman–Crippen LogP) is 3.61. The molecule has 1 aromatic heterocycles. The molecule has 0 bridgehead atoms. The number of aromatic nitrogens is 2. The van der Waals surface area contributed by atoms with Crippen molar-refractivity contribution in [3.8, 4) is 11.3 Å². The Morgan fingerprint density at radius 2 is 2.30 bits per heavy atom. The van der Waals surface area contributed by atoms with E-state index in [9.17, 15) is 4.79 Å². The van der Waals surface area contributed by atoms with Crippen LogP contribution in [-0.4, -0.2) is 22.4 Å². The minimum Gasteiger partial charge on any atom is -0.461 e. The number of benzene rings is 1. The van der Waals surface area contributed by atoms with E-state index in [-0.39, 0.29) is 5.97 Å². The highest BCUT2D eigenvalue weighted by molar-refractivity contribution is 9.10. The van der Waals surface area contributed by atoms with E-state index >= 15 is 0 Å². The van der Waals surface area contributed by atoms with Gasteiger partial charge < -0.3 is 4.74 Å². The number of hydrogen-bond acceptors (Lipinski definition) is 3. The molecule has 2 aromatic rings.